The van der Waals surface area contributed by atoms with E-state index in [1.807, 2.05) is 11.4 Å². The number of hydrogen-bond acceptors (Lipinski definition) is 3. The molecule has 0 spiro atoms. The van der Waals surface area contributed by atoms with Gasteiger partial charge in [0.2, 0.25) is 0 Å². The number of rotatable bonds is 4. The Bertz CT molecular complexity index is 627. The van der Waals surface area contributed by atoms with E-state index in [1.165, 1.54) is 12.1 Å². The number of aliphatic carboxylic acids is 1. The molecule has 1 aliphatic rings. The van der Waals surface area contributed by atoms with Crippen molar-refractivity contribution in [1.82, 2.24) is 4.90 Å². The summed E-state index contributed by atoms with van der Waals surface area (Å²) in [5.74, 6) is -1.30. The molecule has 0 aliphatic carbocycles. The summed E-state index contributed by atoms with van der Waals surface area (Å²) < 4.78 is 13.2. The molecule has 0 saturated carbocycles. The number of piperidine rings is 1. The van der Waals surface area contributed by atoms with E-state index in [0.717, 1.165) is 29.8 Å². The molecule has 3 nitrogen and oxygen atoms in total. The summed E-state index contributed by atoms with van der Waals surface area (Å²) in [6.45, 7) is 1.40. The molecule has 1 fully saturated rings. The second kappa shape index (κ2) is 6.58. The lowest BCUT2D eigenvalue weighted by Crippen LogP contribution is -2.41. The quantitative estimate of drug-likeness (QED) is 0.932. The van der Waals surface area contributed by atoms with Crippen molar-refractivity contribution in [2.45, 2.75) is 18.9 Å². The maximum Gasteiger partial charge on any atom is 0.307 e. The molecule has 1 aliphatic heterocycles. The molecule has 2 heterocycles. The topological polar surface area (TPSA) is 40.5 Å². The molecule has 3 rings (SSSR count). The first-order valence-electron chi connectivity index (χ1n) is 7.41. The molecule has 0 radical (unpaired) electrons. The number of nitrogens with zero attached hydrogens (tertiary/aromatic N) is 1. The molecule has 0 bridgehead atoms. The van der Waals surface area contributed by atoms with Gasteiger partial charge in [0.1, 0.15) is 5.82 Å². The average Bonchev–Trinajstić information content (AvgIpc) is 3.04. The van der Waals surface area contributed by atoms with E-state index in [9.17, 15) is 14.3 Å². The fourth-order valence-electron chi connectivity index (χ4n) is 3.09. The van der Waals surface area contributed by atoms with Crippen LogP contribution in [0.4, 0.5) is 4.39 Å². The molecule has 22 heavy (non-hydrogen) atoms. The summed E-state index contributed by atoms with van der Waals surface area (Å²) in [5.41, 5.74) is 1.01. The zero-order valence-corrected chi connectivity index (χ0v) is 12.9. The molecule has 1 saturated heterocycles. The number of thiophene rings is 1. The monoisotopic (exact) mass is 319 g/mol. The summed E-state index contributed by atoms with van der Waals surface area (Å²) in [6, 6.07) is 10.6. The van der Waals surface area contributed by atoms with Crippen LogP contribution >= 0.6 is 11.3 Å². The van der Waals surface area contributed by atoms with Crippen LogP contribution in [0.15, 0.2) is 41.8 Å². The second-order valence-corrected chi connectivity index (χ2v) is 6.62. The number of halogens is 1. The maximum atomic E-state index is 13.2. The van der Waals surface area contributed by atoms with Gasteiger partial charge in [-0.1, -0.05) is 18.2 Å². The number of carboxylic acids is 1. The van der Waals surface area contributed by atoms with Crippen molar-refractivity contribution in [2.75, 3.05) is 13.1 Å². The lowest BCUT2D eigenvalue weighted by molar-refractivity contribution is -0.143. The summed E-state index contributed by atoms with van der Waals surface area (Å²) in [5, 5.41) is 11.3. The minimum absolute atomic E-state index is 0.00255. The molecular weight excluding hydrogens is 301 g/mol. The lowest BCUT2D eigenvalue weighted by atomic mass is 9.94. The zero-order valence-electron chi connectivity index (χ0n) is 12.1. The number of carbonyl (C=O) groups is 1. The van der Waals surface area contributed by atoms with Crippen molar-refractivity contribution in [3.63, 3.8) is 0 Å². The summed E-state index contributed by atoms with van der Waals surface area (Å²) >= 11 is 1.65. The van der Waals surface area contributed by atoms with E-state index in [1.54, 1.807) is 23.5 Å². The Morgan fingerprint density at radius 2 is 2.09 bits per heavy atom. The largest absolute Gasteiger partial charge is 0.481 e. The number of benzene rings is 1. The van der Waals surface area contributed by atoms with Gasteiger partial charge in [-0.2, -0.15) is 0 Å². The van der Waals surface area contributed by atoms with Crippen LogP contribution in [0, 0.1) is 11.7 Å². The van der Waals surface area contributed by atoms with Crippen LogP contribution < -0.4 is 0 Å². The van der Waals surface area contributed by atoms with Gasteiger partial charge in [-0.25, -0.2) is 4.39 Å². The number of likely N-dealkylation sites (tertiary alicyclic amines) is 1. The second-order valence-electron chi connectivity index (χ2n) is 5.64. The predicted molar refractivity (Wildman–Crippen MR) is 84.5 cm³/mol. The van der Waals surface area contributed by atoms with Crippen LogP contribution in [0.1, 0.15) is 29.3 Å². The molecule has 1 N–H and O–H groups in total. The van der Waals surface area contributed by atoms with Crippen LogP contribution in [0.5, 0.6) is 0 Å². The highest BCUT2D eigenvalue weighted by atomic mass is 32.1. The van der Waals surface area contributed by atoms with E-state index in [4.69, 9.17) is 0 Å². The minimum Gasteiger partial charge on any atom is -0.481 e. The maximum absolute atomic E-state index is 13.2. The standard InChI is InChI=1S/C17H18FNO2S/c18-14-7-5-12(6-8-14)16(15-4-2-10-22-15)19-9-1-3-13(11-19)17(20)21/h2,4-8,10,13,16H,1,3,9,11H2,(H,20,21). The van der Waals surface area contributed by atoms with E-state index in [-0.39, 0.29) is 17.8 Å². The highest BCUT2D eigenvalue weighted by Gasteiger charge is 2.31. The third kappa shape index (κ3) is 3.20. The highest BCUT2D eigenvalue weighted by Crippen LogP contribution is 2.34. The van der Waals surface area contributed by atoms with E-state index in [2.05, 4.69) is 11.0 Å². The van der Waals surface area contributed by atoms with E-state index >= 15 is 0 Å². The Hall–Kier alpha value is -1.72. The summed E-state index contributed by atoms with van der Waals surface area (Å²) in [4.78, 5) is 14.7. The van der Waals surface area contributed by atoms with Gasteiger partial charge in [0.15, 0.2) is 0 Å². The smallest absolute Gasteiger partial charge is 0.307 e. The third-order valence-corrected chi connectivity index (χ3v) is 5.09. The molecular formula is C17H18FNO2S. The van der Waals surface area contributed by atoms with Gasteiger partial charge < -0.3 is 5.11 Å². The van der Waals surface area contributed by atoms with Crippen molar-refractivity contribution >= 4 is 17.3 Å². The molecule has 116 valence electrons. The first-order chi connectivity index (χ1) is 10.6. The van der Waals surface area contributed by atoms with E-state index < -0.39 is 5.97 Å². The molecule has 5 heteroatoms. The Morgan fingerprint density at radius 1 is 1.32 bits per heavy atom. The predicted octanol–water partition coefficient (Wildman–Crippen LogP) is 3.77. The van der Waals surface area contributed by atoms with Crippen LogP contribution in [-0.2, 0) is 4.79 Å². The Kier molecular flexibility index (Phi) is 4.55. The molecule has 2 aromatic rings. The molecule has 0 amide bonds. The average molecular weight is 319 g/mol. The van der Waals surface area contributed by atoms with Crippen LogP contribution in [-0.4, -0.2) is 29.1 Å². The fraction of sp³-hybridized carbons (Fsp3) is 0.353. The first kappa shape index (κ1) is 15.2. The lowest BCUT2D eigenvalue weighted by Gasteiger charge is -2.37. The Morgan fingerprint density at radius 3 is 2.73 bits per heavy atom. The van der Waals surface area contributed by atoms with Crippen molar-refractivity contribution < 1.29 is 14.3 Å². The SMILES string of the molecule is O=C(O)C1CCCN(C(c2ccc(F)cc2)c2cccs2)C1. The van der Waals surface area contributed by atoms with Crippen LogP contribution in [0.2, 0.25) is 0 Å². The van der Waals surface area contributed by atoms with Gasteiger partial charge in [-0.3, -0.25) is 9.69 Å². The Labute approximate surface area is 133 Å². The fourth-order valence-corrected chi connectivity index (χ4v) is 3.97. The molecule has 2 unspecified atom stereocenters. The van der Waals surface area contributed by atoms with Gasteiger partial charge >= 0.3 is 5.97 Å². The summed E-state index contributed by atoms with van der Waals surface area (Å²) in [7, 11) is 0. The molecule has 1 aromatic heterocycles. The minimum atomic E-state index is -0.728. The number of carboxylic acid groups (broad SMARTS) is 1. The van der Waals surface area contributed by atoms with Crippen molar-refractivity contribution in [2.24, 2.45) is 5.92 Å². The van der Waals surface area contributed by atoms with Crippen LogP contribution in [0.3, 0.4) is 0 Å². The highest BCUT2D eigenvalue weighted by molar-refractivity contribution is 7.10. The van der Waals surface area contributed by atoms with E-state index in [0.29, 0.717) is 6.54 Å². The van der Waals surface area contributed by atoms with Crippen molar-refractivity contribution in [1.29, 1.82) is 0 Å². The van der Waals surface area contributed by atoms with Crippen LogP contribution in [0.25, 0.3) is 0 Å². The Balaban J connectivity index is 1.92. The normalized spacial score (nSPS) is 20.7. The van der Waals surface area contributed by atoms with Gasteiger partial charge in [0.05, 0.1) is 12.0 Å². The first-order valence-corrected chi connectivity index (χ1v) is 8.29. The molecule has 2 atom stereocenters. The zero-order chi connectivity index (χ0) is 15.5. The van der Waals surface area contributed by atoms with Gasteiger partial charge in [0, 0.05) is 11.4 Å². The van der Waals surface area contributed by atoms with Gasteiger partial charge in [0.25, 0.3) is 0 Å². The van der Waals surface area contributed by atoms with Crippen molar-refractivity contribution in [3.05, 3.63) is 58.0 Å². The van der Waals surface area contributed by atoms with Gasteiger partial charge in [-0.05, 0) is 48.5 Å². The van der Waals surface area contributed by atoms with Gasteiger partial charge in [-0.15, -0.1) is 11.3 Å². The summed E-state index contributed by atoms with van der Waals surface area (Å²) in [6.07, 6.45) is 1.60. The number of hydrogen-bond donors (Lipinski definition) is 1. The van der Waals surface area contributed by atoms with Crippen molar-refractivity contribution in [3.8, 4) is 0 Å². The molecule has 1 aromatic carbocycles. The third-order valence-electron chi connectivity index (χ3n) is 4.17.